The summed E-state index contributed by atoms with van der Waals surface area (Å²) in [7, 11) is 0. The summed E-state index contributed by atoms with van der Waals surface area (Å²) in [6.45, 7) is 3.14. The van der Waals surface area contributed by atoms with Crippen LogP contribution in [0.25, 0.3) is 22.7 Å². The van der Waals surface area contributed by atoms with Crippen LogP contribution < -0.4 is 5.32 Å². The Labute approximate surface area is 125 Å². The third kappa shape index (κ3) is 2.57. The number of H-pyrrole nitrogens is 1. The van der Waals surface area contributed by atoms with Gasteiger partial charge in [0.15, 0.2) is 0 Å². The fourth-order valence-electron chi connectivity index (χ4n) is 2.77. The molecule has 2 N–H and O–H groups in total. The van der Waals surface area contributed by atoms with E-state index in [-0.39, 0.29) is 0 Å². The zero-order chi connectivity index (χ0) is 14.7. The average molecular weight is 277 g/mol. The quantitative estimate of drug-likeness (QED) is 0.884. The highest BCUT2D eigenvalue weighted by molar-refractivity contribution is 5.97. The molecule has 0 atom stereocenters. The van der Waals surface area contributed by atoms with E-state index in [2.05, 4.69) is 41.5 Å². The Kier molecular flexibility index (Phi) is 3.79. The van der Waals surface area contributed by atoms with Crippen molar-refractivity contribution in [1.29, 1.82) is 5.26 Å². The molecule has 3 heteroatoms. The lowest BCUT2D eigenvalue weighted by molar-refractivity contribution is 0.744. The van der Waals surface area contributed by atoms with Crippen LogP contribution >= 0.6 is 0 Å². The maximum atomic E-state index is 9.14. The molecule has 0 bridgehead atoms. The predicted octanol–water partition coefficient (Wildman–Crippen LogP) is 4.19. The molecule has 106 valence electrons. The van der Waals surface area contributed by atoms with Crippen molar-refractivity contribution >= 4 is 22.7 Å². The molecule has 0 radical (unpaired) electrons. The number of nitrogens with zero attached hydrogens (tertiary/aromatic N) is 1. The molecule has 2 aromatic rings. The minimum atomic E-state index is 0.699. The lowest BCUT2D eigenvalue weighted by Crippen LogP contribution is -2.17. The lowest BCUT2D eigenvalue weighted by Gasteiger charge is -2.16. The number of aromatic nitrogens is 1. The van der Waals surface area contributed by atoms with Crippen molar-refractivity contribution in [1.82, 2.24) is 10.3 Å². The average Bonchev–Trinajstić information content (AvgIpc) is 2.90. The molecule has 3 nitrogen and oxygen atoms in total. The Balaban J connectivity index is 2.23. The molecule has 0 unspecified atom stereocenters. The van der Waals surface area contributed by atoms with Crippen LogP contribution in [0.1, 0.15) is 43.0 Å². The molecular weight excluding hydrogens is 258 g/mol. The van der Waals surface area contributed by atoms with E-state index < -0.39 is 0 Å². The van der Waals surface area contributed by atoms with Gasteiger partial charge in [-0.2, -0.15) is 5.26 Å². The number of nitrogens with one attached hydrogen (secondary N) is 2. The van der Waals surface area contributed by atoms with Crippen molar-refractivity contribution in [2.45, 2.75) is 26.2 Å². The summed E-state index contributed by atoms with van der Waals surface area (Å²) in [5.41, 5.74) is 5.26. The molecule has 3 rings (SSSR count). The van der Waals surface area contributed by atoms with Gasteiger partial charge in [-0.3, -0.25) is 0 Å². The van der Waals surface area contributed by atoms with Crippen LogP contribution in [0.2, 0.25) is 0 Å². The second-order valence-electron chi connectivity index (χ2n) is 5.28. The van der Waals surface area contributed by atoms with Crippen LogP contribution in [-0.4, -0.2) is 11.5 Å². The second-order valence-corrected chi connectivity index (χ2v) is 5.28. The largest absolute Gasteiger partial charge is 0.385 e. The molecule has 0 saturated heterocycles. The van der Waals surface area contributed by atoms with Crippen molar-refractivity contribution in [2.24, 2.45) is 0 Å². The first kappa shape index (κ1) is 13.5. The maximum absolute atomic E-state index is 9.14. The van der Waals surface area contributed by atoms with Gasteiger partial charge in [-0.25, -0.2) is 0 Å². The molecule has 1 aliphatic heterocycles. The first-order valence-electron chi connectivity index (χ1n) is 7.50. The van der Waals surface area contributed by atoms with E-state index in [0.717, 1.165) is 36.0 Å². The van der Waals surface area contributed by atoms with Gasteiger partial charge < -0.3 is 10.3 Å². The topological polar surface area (TPSA) is 51.6 Å². The van der Waals surface area contributed by atoms with E-state index in [9.17, 15) is 0 Å². The Morgan fingerprint density at radius 1 is 1.38 bits per heavy atom. The summed E-state index contributed by atoms with van der Waals surface area (Å²) in [5, 5.41) is 13.8. The Morgan fingerprint density at radius 3 is 3.00 bits per heavy atom. The number of aromatic amines is 1. The maximum Gasteiger partial charge on any atom is 0.0991 e. The van der Waals surface area contributed by atoms with Gasteiger partial charge in [-0.15, -0.1) is 0 Å². The summed E-state index contributed by atoms with van der Waals surface area (Å²) < 4.78 is 0. The van der Waals surface area contributed by atoms with Crippen molar-refractivity contribution in [3.8, 4) is 6.07 Å². The zero-order valence-electron chi connectivity index (χ0n) is 12.2. The fourth-order valence-corrected chi connectivity index (χ4v) is 2.77. The fraction of sp³-hybridized carbons (Fsp3) is 0.278. The highest BCUT2D eigenvalue weighted by atomic mass is 14.9. The first-order valence-corrected chi connectivity index (χ1v) is 7.50. The minimum Gasteiger partial charge on any atom is -0.385 e. The Hall–Kier alpha value is -2.47. The Morgan fingerprint density at radius 2 is 2.29 bits per heavy atom. The Bertz CT molecular complexity index is 757. The molecular formula is C18H19N3. The highest BCUT2D eigenvalue weighted by Crippen LogP contribution is 2.31. The van der Waals surface area contributed by atoms with Gasteiger partial charge in [0.05, 0.1) is 11.6 Å². The van der Waals surface area contributed by atoms with Gasteiger partial charge in [0, 0.05) is 34.4 Å². The van der Waals surface area contributed by atoms with E-state index in [4.69, 9.17) is 5.26 Å². The van der Waals surface area contributed by atoms with Gasteiger partial charge in [0.1, 0.15) is 0 Å². The van der Waals surface area contributed by atoms with Crippen molar-refractivity contribution in [3.63, 3.8) is 0 Å². The number of rotatable bonds is 3. The van der Waals surface area contributed by atoms with E-state index in [1.165, 1.54) is 17.7 Å². The number of allylic oxidation sites excluding steroid dienone is 2. The molecule has 2 heterocycles. The molecule has 0 fully saturated rings. The van der Waals surface area contributed by atoms with Crippen LogP contribution in [0, 0.1) is 11.3 Å². The van der Waals surface area contributed by atoms with Crippen molar-refractivity contribution in [3.05, 3.63) is 47.2 Å². The summed E-state index contributed by atoms with van der Waals surface area (Å²) in [6.07, 6.45) is 9.83. The lowest BCUT2D eigenvalue weighted by atomic mass is 10.0. The highest BCUT2D eigenvalue weighted by Gasteiger charge is 2.15. The van der Waals surface area contributed by atoms with Crippen LogP contribution in [0.4, 0.5) is 0 Å². The number of hydrogen-bond donors (Lipinski definition) is 2. The molecule has 1 aromatic carbocycles. The normalized spacial score (nSPS) is 15.0. The number of fused-ring (bicyclic) bond motifs is 1. The van der Waals surface area contributed by atoms with Gasteiger partial charge in [-0.1, -0.05) is 19.1 Å². The van der Waals surface area contributed by atoms with Gasteiger partial charge in [0.2, 0.25) is 0 Å². The van der Waals surface area contributed by atoms with Gasteiger partial charge in [0.25, 0.3) is 0 Å². The number of benzene rings is 1. The van der Waals surface area contributed by atoms with Gasteiger partial charge >= 0.3 is 0 Å². The van der Waals surface area contributed by atoms with Crippen LogP contribution in [0.5, 0.6) is 0 Å². The van der Waals surface area contributed by atoms with Gasteiger partial charge in [-0.05, 0) is 43.5 Å². The molecule has 1 aliphatic rings. The van der Waals surface area contributed by atoms with E-state index in [1.807, 2.05) is 18.2 Å². The summed E-state index contributed by atoms with van der Waals surface area (Å²) >= 11 is 0. The van der Waals surface area contributed by atoms with E-state index in [1.54, 1.807) is 0 Å². The molecule has 0 aliphatic carbocycles. The number of hydrogen-bond acceptors (Lipinski definition) is 2. The third-order valence-electron chi connectivity index (χ3n) is 3.79. The smallest absolute Gasteiger partial charge is 0.0991 e. The van der Waals surface area contributed by atoms with Crippen LogP contribution in [0.15, 0.2) is 30.4 Å². The van der Waals surface area contributed by atoms with Crippen LogP contribution in [0.3, 0.4) is 0 Å². The monoisotopic (exact) mass is 277 g/mol. The second kappa shape index (κ2) is 5.88. The zero-order valence-corrected chi connectivity index (χ0v) is 12.2. The van der Waals surface area contributed by atoms with Crippen molar-refractivity contribution < 1.29 is 0 Å². The summed E-state index contributed by atoms with van der Waals surface area (Å²) in [6, 6.07) is 8.05. The molecule has 21 heavy (non-hydrogen) atoms. The van der Waals surface area contributed by atoms with E-state index >= 15 is 0 Å². The minimum absolute atomic E-state index is 0.699. The third-order valence-corrected chi connectivity index (χ3v) is 3.79. The summed E-state index contributed by atoms with van der Waals surface area (Å²) in [5.74, 6) is 0. The molecule has 0 amide bonds. The number of nitriles is 1. The first-order chi connectivity index (χ1) is 10.3. The molecule has 0 spiro atoms. The molecule has 1 aromatic heterocycles. The molecule has 0 saturated carbocycles. The van der Waals surface area contributed by atoms with Crippen LogP contribution in [-0.2, 0) is 0 Å². The predicted molar refractivity (Wildman–Crippen MR) is 87.6 cm³/mol. The SMILES string of the molecule is CCC=Cc1[nH]c2ccc(C#N)cc2c1C1=CCCCN1. The van der Waals surface area contributed by atoms with Crippen molar-refractivity contribution in [2.75, 3.05) is 6.54 Å². The summed E-state index contributed by atoms with van der Waals surface area (Å²) in [4.78, 5) is 3.47. The standard InChI is InChI=1S/C18H19N3/c1-2-3-6-17-18(16-7-4-5-10-20-16)14-11-13(12-19)8-9-15(14)21-17/h3,6-9,11,20-21H,2,4-5,10H2,1H3. The van der Waals surface area contributed by atoms with E-state index in [0.29, 0.717) is 5.56 Å².